The topological polar surface area (TPSA) is 65.0 Å². The average Bonchev–Trinajstić information content (AvgIpc) is 3.79. The Balaban J connectivity index is 1.09. The van der Waals surface area contributed by atoms with Crippen LogP contribution in [0, 0.1) is 0 Å². The molecule has 0 saturated carbocycles. The van der Waals surface area contributed by atoms with Gasteiger partial charge in [0.2, 0.25) is 0 Å². The highest BCUT2D eigenvalue weighted by Crippen LogP contribution is 2.41. The predicted octanol–water partition coefficient (Wildman–Crippen LogP) is 12.6. The lowest BCUT2D eigenvalue weighted by molar-refractivity contribution is 0.668. The van der Waals surface area contributed by atoms with E-state index in [1.165, 1.54) is 16.2 Å². The summed E-state index contributed by atoms with van der Waals surface area (Å²) >= 11 is 0. The molecular weight excluding hydrogens is 639 g/mol. The molecular formula is C47H27N3O2. The highest BCUT2D eigenvalue weighted by atomic mass is 16.3. The van der Waals surface area contributed by atoms with Gasteiger partial charge in [-0.25, -0.2) is 15.0 Å². The first-order valence-corrected chi connectivity index (χ1v) is 17.3. The van der Waals surface area contributed by atoms with E-state index in [4.69, 9.17) is 23.8 Å². The van der Waals surface area contributed by atoms with Gasteiger partial charge in [0, 0.05) is 38.2 Å². The van der Waals surface area contributed by atoms with E-state index >= 15 is 0 Å². The van der Waals surface area contributed by atoms with E-state index in [0.29, 0.717) is 17.5 Å². The molecule has 0 spiro atoms. The second-order valence-corrected chi connectivity index (χ2v) is 13.2. The van der Waals surface area contributed by atoms with Crippen LogP contribution in [-0.2, 0) is 0 Å². The summed E-state index contributed by atoms with van der Waals surface area (Å²) in [5, 5.41) is 8.95. The molecule has 0 bridgehead atoms. The Labute approximate surface area is 297 Å². The van der Waals surface area contributed by atoms with Gasteiger partial charge in [-0.2, -0.15) is 0 Å². The van der Waals surface area contributed by atoms with Gasteiger partial charge in [-0.05, 0) is 69.1 Å². The molecule has 0 N–H and O–H groups in total. The summed E-state index contributed by atoms with van der Waals surface area (Å²) in [5.41, 5.74) is 8.22. The fourth-order valence-corrected chi connectivity index (χ4v) is 7.69. The van der Waals surface area contributed by atoms with E-state index in [0.717, 1.165) is 77.1 Å². The highest BCUT2D eigenvalue weighted by molar-refractivity contribution is 6.15. The van der Waals surface area contributed by atoms with Crippen LogP contribution in [0.4, 0.5) is 0 Å². The van der Waals surface area contributed by atoms with Crippen molar-refractivity contribution in [2.45, 2.75) is 0 Å². The standard InChI is InChI=1S/C47H27N3O2/c1-2-11-29(12-3-1)45-48-46(32-23-24-34-30(26-32)21-20-28-10-4-5-13-33(28)34)50-47(49-45)38-16-9-19-41-44(38)37-25-22-31(27-42(37)52-41)35-15-8-18-40-43(35)36-14-6-7-17-39(36)51-40/h1-27H. The Morgan fingerprint density at radius 2 is 0.885 bits per heavy atom. The number of nitrogens with zero attached hydrogens (tertiary/aromatic N) is 3. The molecule has 0 unspecified atom stereocenters. The third-order valence-electron chi connectivity index (χ3n) is 10.1. The van der Waals surface area contributed by atoms with Crippen molar-refractivity contribution in [1.82, 2.24) is 15.0 Å². The third-order valence-corrected chi connectivity index (χ3v) is 10.1. The Kier molecular flexibility index (Phi) is 6.18. The summed E-state index contributed by atoms with van der Waals surface area (Å²) in [7, 11) is 0. The summed E-state index contributed by atoms with van der Waals surface area (Å²) in [4.78, 5) is 15.3. The summed E-state index contributed by atoms with van der Waals surface area (Å²) in [5.74, 6) is 1.83. The van der Waals surface area contributed by atoms with Crippen molar-refractivity contribution in [3.63, 3.8) is 0 Å². The van der Waals surface area contributed by atoms with Gasteiger partial charge in [0.25, 0.3) is 0 Å². The number of hydrogen-bond donors (Lipinski definition) is 0. The molecule has 3 aromatic heterocycles. The normalized spacial score (nSPS) is 11.8. The maximum absolute atomic E-state index is 6.58. The maximum Gasteiger partial charge on any atom is 0.164 e. The number of aromatic nitrogens is 3. The lowest BCUT2D eigenvalue weighted by Crippen LogP contribution is -2.00. The molecule has 3 heterocycles. The van der Waals surface area contributed by atoms with Crippen molar-refractivity contribution in [3.05, 3.63) is 164 Å². The van der Waals surface area contributed by atoms with Gasteiger partial charge in [-0.1, -0.05) is 127 Å². The highest BCUT2D eigenvalue weighted by Gasteiger charge is 2.19. The van der Waals surface area contributed by atoms with Crippen LogP contribution >= 0.6 is 0 Å². The summed E-state index contributed by atoms with van der Waals surface area (Å²) < 4.78 is 12.8. The zero-order chi connectivity index (χ0) is 34.2. The molecule has 0 atom stereocenters. The molecule has 5 heteroatoms. The van der Waals surface area contributed by atoms with Crippen molar-refractivity contribution in [1.29, 1.82) is 0 Å². The van der Waals surface area contributed by atoms with Gasteiger partial charge < -0.3 is 8.83 Å². The molecule has 0 fully saturated rings. The average molecular weight is 666 g/mol. The second kappa shape index (κ2) is 11.2. The van der Waals surface area contributed by atoms with Crippen LogP contribution < -0.4 is 0 Å². The number of benzene rings is 8. The van der Waals surface area contributed by atoms with Crippen molar-refractivity contribution in [2.24, 2.45) is 0 Å². The molecule has 0 amide bonds. The molecule has 0 saturated heterocycles. The van der Waals surface area contributed by atoms with Crippen LogP contribution in [0.1, 0.15) is 0 Å². The van der Waals surface area contributed by atoms with E-state index in [2.05, 4.69) is 97.1 Å². The van der Waals surface area contributed by atoms with Crippen LogP contribution in [0.25, 0.3) is 111 Å². The SMILES string of the molecule is c1ccc(-c2nc(-c3ccc4c(ccc5ccccc54)c3)nc(-c3cccc4oc5cc(-c6cccc7oc8ccccc8c67)ccc5c34)n2)cc1. The second-order valence-electron chi connectivity index (χ2n) is 13.2. The monoisotopic (exact) mass is 665 g/mol. The minimum absolute atomic E-state index is 0.592. The summed E-state index contributed by atoms with van der Waals surface area (Å²) in [6.45, 7) is 0. The molecule has 11 aromatic rings. The van der Waals surface area contributed by atoms with Crippen molar-refractivity contribution >= 4 is 65.4 Å². The number of fused-ring (bicyclic) bond motifs is 9. The van der Waals surface area contributed by atoms with Crippen molar-refractivity contribution in [2.75, 3.05) is 0 Å². The zero-order valence-corrected chi connectivity index (χ0v) is 27.7. The Hall–Kier alpha value is -7.11. The van der Waals surface area contributed by atoms with Crippen LogP contribution in [0.2, 0.25) is 0 Å². The minimum atomic E-state index is 0.592. The summed E-state index contributed by atoms with van der Waals surface area (Å²) in [6, 6.07) is 56.3. The first-order chi connectivity index (χ1) is 25.7. The molecule has 0 aliphatic carbocycles. The fraction of sp³-hybridized carbons (Fsp3) is 0. The molecule has 5 nitrogen and oxygen atoms in total. The van der Waals surface area contributed by atoms with Gasteiger partial charge >= 0.3 is 0 Å². The lowest BCUT2D eigenvalue weighted by atomic mass is 9.97. The number of rotatable bonds is 4. The van der Waals surface area contributed by atoms with E-state index in [-0.39, 0.29) is 0 Å². The van der Waals surface area contributed by atoms with Gasteiger partial charge in [0.1, 0.15) is 22.3 Å². The van der Waals surface area contributed by atoms with Crippen LogP contribution in [-0.4, -0.2) is 15.0 Å². The van der Waals surface area contributed by atoms with Crippen LogP contribution in [0.15, 0.2) is 173 Å². The Morgan fingerprint density at radius 1 is 0.308 bits per heavy atom. The van der Waals surface area contributed by atoms with Crippen LogP contribution in [0.3, 0.4) is 0 Å². The first kappa shape index (κ1) is 28.7. The quantitative estimate of drug-likeness (QED) is 0.175. The maximum atomic E-state index is 6.58. The smallest absolute Gasteiger partial charge is 0.164 e. The van der Waals surface area contributed by atoms with E-state index < -0.39 is 0 Å². The van der Waals surface area contributed by atoms with Gasteiger partial charge in [0.15, 0.2) is 17.5 Å². The number of hydrogen-bond acceptors (Lipinski definition) is 5. The third kappa shape index (κ3) is 4.46. The Bertz CT molecular complexity index is 3190. The Morgan fingerprint density at radius 3 is 1.75 bits per heavy atom. The minimum Gasteiger partial charge on any atom is -0.456 e. The number of para-hydroxylation sites is 1. The first-order valence-electron chi connectivity index (χ1n) is 17.3. The van der Waals surface area contributed by atoms with Crippen molar-refractivity contribution < 1.29 is 8.83 Å². The van der Waals surface area contributed by atoms with Crippen molar-refractivity contribution in [3.8, 4) is 45.3 Å². The molecule has 0 aliphatic heterocycles. The molecule has 11 rings (SSSR count). The zero-order valence-electron chi connectivity index (χ0n) is 27.7. The molecule has 8 aromatic carbocycles. The number of furan rings is 2. The van der Waals surface area contributed by atoms with Gasteiger partial charge in [0.05, 0.1) is 0 Å². The molecule has 242 valence electrons. The largest absolute Gasteiger partial charge is 0.456 e. The van der Waals surface area contributed by atoms with E-state index in [1.54, 1.807) is 0 Å². The van der Waals surface area contributed by atoms with E-state index in [9.17, 15) is 0 Å². The lowest BCUT2D eigenvalue weighted by Gasteiger charge is -2.10. The fourth-order valence-electron chi connectivity index (χ4n) is 7.69. The van der Waals surface area contributed by atoms with Gasteiger partial charge in [-0.15, -0.1) is 0 Å². The molecule has 52 heavy (non-hydrogen) atoms. The van der Waals surface area contributed by atoms with Crippen LogP contribution in [0.5, 0.6) is 0 Å². The summed E-state index contributed by atoms with van der Waals surface area (Å²) in [6.07, 6.45) is 0. The molecule has 0 aliphatic rings. The molecule has 0 radical (unpaired) electrons. The predicted molar refractivity (Wildman–Crippen MR) is 211 cm³/mol. The van der Waals surface area contributed by atoms with Gasteiger partial charge in [-0.3, -0.25) is 0 Å². The van der Waals surface area contributed by atoms with E-state index in [1.807, 2.05) is 66.7 Å².